The van der Waals surface area contributed by atoms with E-state index in [1.165, 1.54) is 42.8 Å². The number of nitrogens with zero attached hydrogens (tertiary/aromatic N) is 2. The number of aromatic nitrogens is 2. The van der Waals surface area contributed by atoms with E-state index in [2.05, 4.69) is 46.7 Å². The molecule has 0 bridgehead atoms. The first-order valence-electron chi connectivity index (χ1n) is 8.18. The Labute approximate surface area is 131 Å². The SMILES string of the molecule is CCCCC(CC)c1cc2n(n1)C(c1ccsc1)CCN2. The minimum Gasteiger partial charge on any atom is -0.370 e. The number of unbranched alkanes of at least 4 members (excludes halogenated alkanes) is 1. The average Bonchev–Trinajstić information content (AvgIpc) is 3.17. The van der Waals surface area contributed by atoms with Gasteiger partial charge in [-0.2, -0.15) is 16.4 Å². The molecule has 0 saturated carbocycles. The minimum atomic E-state index is 0.407. The Hall–Kier alpha value is -1.29. The fourth-order valence-corrected chi connectivity index (χ4v) is 3.93. The van der Waals surface area contributed by atoms with Crippen molar-refractivity contribution in [3.8, 4) is 0 Å². The monoisotopic (exact) mass is 303 g/mol. The van der Waals surface area contributed by atoms with E-state index in [1.807, 2.05) is 0 Å². The molecular formula is C17H25N3S. The molecule has 3 rings (SSSR count). The highest BCUT2D eigenvalue weighted by atomic mass is 32.1. The zero-order chi connectivity index (χ0) is 14.7. The highest BCUT2D eigenvalue weighted by Crippen LogP contribution is 2.34. The highest BCUT2D eigenvalue weighted by Gasteiger charge is 2.25. The number of hydrogen-bond acceptors (Lipinski definition) is 3. The lowest BCUT2D eigenvalue weighted by Crippen LogP contribution is -2.24. The van der Waals surface area contributed by atoms with E-state index >= 15 is 0 Å². The predicted molar refractivity (Wildman–Crippen MR) is 90.3 cm³/mol. The Kier molecular flexibility index (Phi) is 4.63. The molecule has 2 aromatic heterocycles. The molecule has 1 aliphatic heterocycles. The Balaban J connectivity index is 1.86. The van der Waals surface area contributed by atoms with Gasteiger partial charge in [-0.1, -0.05) is 26.7 Å². The first-order valence-corrected chi connectivity index (χ1v) is 9.13. The summed E-state index contributed by atoms with van der Waals surface area (Å²) in [6.45, 7) is 5.58. The Bertz CT molecular complexity index is 559. The van der Waals surface area contributed by atoms with Gasteiger partial charge in [-0.15, -0.1) is 0 Å². The fourth-order valence-electron chi connectivity index (χ4n) is 3.23. The third-order valence-electron chi connectivity index (χ3n) is 4.52. The van der Waals surface area contributed by atoms with Gasteiger partial charge < -0.3 is 5.32 Å². The van der Waals surface area contributed by atoms with Crippen LogP contribution in [0.15, 0.2) is 22.9 Å². The normalized spacial score (nSPS) is 19.0. The molecule has 21 heavy (non-hydrogen) atoms. The van der Waals surface area contributed by atoms with Crippen LogP contribution in [-0.2, 0) is 0 Å². The molecule has 0 radical (unpaired) electrons. The molecule has 0 fully saturated rings. The molecule has 1 N–H and O–H groups in total. The number of nitrogens with one attached hydrogen (secondary N) is 1. The summed E-state index contributed by atoms with van der Waals surface area (Å²) in [5, 5.41) is 12.9. The van der Waals surface area contributed by atoms with Crippen molar-refractivity contribution in [1.82, 2.24) is 9.78 Å². The molecule has 0 saturated heterocycles. The fraction of sp³-hybridized carbons (Fsp3) is 0.588. The average molecular weight is 303 g/mol. The third-order valence-corrected chi connectivity index (χ3v) is 5.22. The van der Waals surface area contributed by atoms with Crippen LogP contribution in [0.1, 0.15) is 69.2 Å². The van der Waals surface area contributed by atoms with Gasteiger partial charge in [0.25, 0.3) is 0 Å². The topological polar surface area (TPSA) is 29.9 Å². The summed E-state index contributed by atoms with van der Waals surface area (Å²) in [5.74, 6) is 1.80. The predicted octanol–water partition coefficient (Wildman–Crippen LogP) is 5.03. The molecule has 1 aliphatic rings. The van der Waals surface area contributed by atoms with Gasteiger partial charge in [-0.05, 0) is 41.7 Å². The lowest BCUT2D eigenvalue weighted by molar-refractivity contribution is 0.467. The zero-order valence-corrected chi connectivity index (χ0v) is 13.8. The lowest BCUT2D eigenvalue weighted by Gasteiger charge is -2.25. The van der Waals surface area contributed by atoms with E-state index in [9.17, 15) is 0 Å². The summed E-state index contributed by atoms with van der Waals surface area (Å²) in [5.41, 5.74) is 2.68. The van der Waals surface area contributed by atoms with E-state index in [0.29, 0.717) is 12.0 Å². The number of thiophene rings is 1. The van der Waals surface area contributed by atoms with Crippen molar-refractivity contribution in [2.75, 3.05) is 11.9 Å². The highest BCUT2D eigenvalue weighted by molar-refractivity contribution is 7.07. The van der Waals surface area contributed by atoms with Crippen LogP contribution in [-0.4, -0.2) is 16.3 Å². The van der Waals surface area contributed by atoms with Gasteiger partial charge in [0, 0.05) is 18.5 Å². The van der Waals surface area contributed by atoms with Crippen molar-refractivity contribution < 1.29 is 0 Å². The largest absolute Gasteiger partial charge is 0.370 e. The van der Waals surface area contributed by atoms with Crippen molar-refractivity contribution in [1.29, 1.82) is 0 Å². The second-order valence-electron chi connectivity index (χ2n) is 5.93. The molecule has 2 atom stereocenters. The summed E-state index contributed by atoms with van der Waals surface area (Å²) < 4.78 is 2.22. The maximum Gasteiger partial charge on any atom is 0.125 e. The molecule has 4 heteroatoms. The molecular weight excluding hydrogens is 278 g/mol. The number of fused-ring (bicyclic) bond motifs is 1. The molecule has 3 heterocycles. The maximum absolute atomic E-state index is 4.97. The lowest BCUT2D eigenvalue weighted by atomic mass is 9.96. The van der Waals surface area contributed by atoms with Crippen LogP contribution in [0.25, 0.3) is 0 Å². The quantitative estimate of drug-likeness (QED) is 0.810. The van der Waals surface area contributed by atoms with Crippen LogP contribution in [0.3, 0.4) is 0 Å². The van der Waals surface area contributed by atoms with Gasteiger partial charge in [-0.25, -0.2) is 4.68 Å². The smallest absolute Gasteiger partial charge is 0.125 e. The number of rotatable bonds is 6. The molecule has 0 aliphatic carbocycles. The molecule has 114 valence electrons. The molecule has 0 amide bonds. The van der Waals surface area contributed by atoms with Crippen molar-refractivity contribution in [3.05, 3.63) is 34.2 Å². The van der Waals surface area contributed by atoms with E-state index < -0.39 is 0 Å². The first kappa shape index (κ1) is 14.6. The summed E-state index contributed by atoms with van der Waals surface area (Å²) in [6.07, 6.45) is 6.12. The van der Waals surface area contributed by atoms with Gasteiger partial charge in [0.05, 0.1) is 11.7 Å². The minimum absolute atomic E-state index is 0.407. The molecule has 0 spiro atoms. The Morgan fingerprint density at radius 3 is 3.10 bits per heavy atom. The molecule has 2 aromatic rings. The van der Waals surface area contributed by atoms with Gasteiger partial charge >= 0.3 is 0 Å². The summed E-state index contributed by atoms with van der Waals surface area (Å²) in [4.78, 5) is 0. The van der Waals surface area contributed by atoms with Gasteiger partial charge in [0.1, 0.15) is 5.82 Å². The van der Waals surface area contributed by atoms with Crippen molar-refractivity contribution in [2.24, 2.45) is 0 Å². The molecule has 3 nitrogen and oxygen atoms in total. The van der Waals surface area contributed by atoms with Gasteiger partial charge in [0.2, 0.25) is 0 Å². The van der Waals surface area contributed by atoms with Crippen LogP contribution < -0.4 is 5.32 Å². The van der Waals surface area contributed by atoms with E-state index in [4.69, 9.17) is 5.10 Å². The van der Waals surface area contributed by atoms with Crippen LogP contribution >= 0.6 is 11.3 Å². The van der Waals surface area contributed by atoms with Crippen molar-refractivity contribution in [2.45, 2.75) is 57.9 Å². The van der Waals surface area contributed by atoms with Gasteiger partial charge in [-0.3, -0.25) is 0 Å². The molecule has 0 aromatic carbocycles. The van der Waals surface area contributed by atoms with Crippen LogP contribution in [0.5, 0.6) is 0 Å². The van der Waals surface area contributed by atoms with Crippen molar-refractivity contribution in [3.63, 3.8) is 0 Å². The second kappa shape index (κ2) is 6.65. The Morgan fingerprint density at radius 1 is 1.48 bits per heavy atom. The maximum atomic E-state index is 4.97. The Morgan fingerprint density at radius 2 is 2.38 bits per heavy atom. The van der Waals surface area contributed by atoms with Crippen molar-refractivity contribution >= 4 is 17.2 Å². The first-order chi connectivity index (χ1) is 10.3. The van der Waals surface area contributed by atoms with E-state index in [0.717, 1.165) is 13.0 Å². The van der Waals surface area contributed by atoms with Gasteiger partial charge in [0.15, 0.2) is 0 Å². The number of anilines is 1. The van der Waals surface area contributed by atoms with Crippen LogP contribution in [0, 0.1) is 0 Å². The summed E-state index contributed by atoms with van der Waals surface area (Å²) in [6, 6.07) is 4.92. The molecule has 2 unspecified atom stereocenters. The van der Waals surface area contributed by atoms with E-state index in [1.54, 1.807) is 11.3 Å². The zero-order valence-electron chi connectivity index (χ0n) is 13.0. The standard InChI is InChI=1S/C17H25N3S/c1-3-5-6-13(4-2)15-11-17-18-9-7-16(20(17)19-15)14-8-10-21-12-14/h8,10-13,16,18H,3-7,9H2,1-2H3. The van der Waals surface area contributed by atoms with Crippen LogP contribution in [0.4, 0.5) is 5.82 Å². The van der Waals surface area contributed by atoms with Crippen LogP contribution in [0.2, 0.25) is 0 Å². The summed E-state index contributed by atoms with van der Waals surface area (Å²) >= 11 is 1.78. The third kappa shape index (κ3) is 3.00. The second-order valence-corrected chi connectivity index (χ2v) is 6.71. The number of hydrogen-bond donors (Lipinski definition) is 1. The van der Waals surface area contributed by atoms with E-state index in [-0.39, 0.29) is 0 Å². The summed E-state index contributed by atoms with van der Waals surface area (Å²) in [7, 11) is 0.